The number of ether oxygens (including phenoxy) is 1. The molecule has 1 fully saturated rings. The summed E-state index contributed by atoms with van der Waals surface area (Å²) in [5, 5.41) is 2.83. The maximum Gasteiger partial charge on any atom is 0.306 e. The van der Waals surface area contributed by atoms with E-state index in [4.69, 9.17) is 4.74 Å². The lowest BCUT2D eigenvalue weighted by Crippen LogP contribution is -2.32. The Hall–Kier alpha value is -1.39. The Balaban J connectivity index is 0.000000462. The molecule has 0 saturated carbocycles. The first-order chi connectivity index (χ1) is 17.2. The van der Waals surface area contributed by atoms with Crippen LogP contribution in [0.25, 0.3) is 0 Å². The molecule has 5 heteroatoms. The summed E-state index contributed by atoms with van der Waals surface area (Å²) in [7, 11) is 0. The number of nitrogens with zero attached hydrogens (tertiary/aromatic N) is 1. The van der Waals surface area contributed by atoms with Crippen LogP contribution in [0.3, 0.4) is 0 Å². The number of unbranched alkanes of at least 4 members (excludes halogenated alkanes) is 15. The lowest BCUT2D eigenvalue weighted by molar-refractivity contribution is -0.141. The van der Waals surface area contributed by atoms with E-state index in [1.54, 1.807) is 0 Å². The predicted molar refractivity (Wildman–Crippen MR) is 148 cm³/mol. The number of carbonyl (C=O) groups is 2. The maximum atomic E-state index is 11.0. The summed E-state index contributed by atoms with van der Waals surface area (Å²) in [6, 6.07) is 0.291. The molecule has 0 bridgehead atoms. The summed E-state index contributed by atoms with van der Waals surface area (Å²) in [5.74, 6) is 0.158. The zero-order valence-corrected chi connectivity index (χ0v) is 23.2. The van der Waals surface area contributed by atoms with Crippen molar-refractivity contribution < 1.29 is 14.3 Å². The van der Waals surface area contributed by atoms with Gasteiger partial charge in [0, 0.05) is 19.4 Å². The number of carbonyl (C=O) groups excluding carboxylic acids is 2. The van der Waals surface area contributed by atoms with Crippen LogP contribution in [-0.2, 0) is 14.3 Å². The summed E-state index contributed by atoms with van der Waals surface area (Å²) in [5.41, 5.74) is 0. The Morgan fingerprint density at radius 1 is 0.800 bits per heavy atom. The van der Waals surface area contributed by atoms with Gasteiger partial charge in [-0.3, -0.25) is 14.6 Å². The van der Waals surface area contributed by atoms with Crippen molar-refractivity contribution >= 4 is 18.1 Å². The van der Waals surface area contributed by atoms with Crippen molar-refractivity contribution in [3.63, 3.8) is 0 Å². The first-order valence-corrected chi connectivity index (χ1v) is 15.1. The minimum absolute atomic E-state index is 0.0106. The van der Waals surface area contributed by atoms with Crippen LogP contribution in [-0.4, -0.2) is 36.8 Å². The second-order valence-corrected chi connectivity index (χ2v) is 10.5. The average molecular weight is 493 g/mol. The molecule has 2 aliphatic rings. The zero-order chi connectivity index (χ0) is 25.4. The van der Waals surface area contributed by atoms with Crippen molar-refractivity contribution in [3.8, 4) is 0 Å². The molecule has 1 saturated heterocycles. The van der Waals surface area contributed by atoms with Crippen molar-refractivity contribution in [1.82, 2.24) is 5.32 Å². The molecule has 1 amide bonds. The van der Waals surface area contributed by atoms with Gasteiger partial charge in [-0.15, -0.1) is 0 Å². The third-order valence-electron chi connectivity index (χ3n) is 7.17. The van der Waals surface area contributed by atoms with E-state index in [0.29, 0.717) is 25.4 Å². The van der Waals surface area contributed by atoms with Gasteiger partial charge in [-0.05, 0) is 38.3 Å². The SMILES string of the molecule is CCC1CNC(=O)CCC=N1.CCCCCCCCCCCCCCCCCCC1CCC(=O)O1. The van der Waals surface area contributed by atoms with Crippen LogP contribution in [0.15, 0.2) is 4.99 Å². The molecule has 1 N–H and O–H groups in total. The number of amides is 1. The van der Waals surface area contributed by atoms with Gasteiger partial charge in [-0.25, -0.2) is 0 Å². The van der Waals surface area contributed by atoms with E-state index in [0.717, 1.165) is 25.7 Å². The van der Waals surface area contributed by atoms with Gasteiger partial charge in [-0.1, -0.05) is 110 Å². The summed E-state index contributed by atoms with van der Waals surface area (Å²) in [6.45, 7) is 5.07. The number of hydrogen-bond donors (Lipinski definition) is 1. The summed E-state index contributed by atoms with van der Waals surface area (Å²) in [6.07, 6.45) is 29.7. The third kappa shape index (κ3) is 19.5. The van der Waals surface area contributed by atoms with Crippen LogP contribution in [0.4, 0.5) is 0 Å². The van der Waals surface area contributed by atoms with E-state index in [9.17, 15) is 9.59 Å². The molecule has 0 aromatic carbocycles. The quantitative estimate of drug-likeness (QED) is 0.155. The molecule has 204 valence electrons. The van der Waals surface area contributed by atoms with E-state index in [1.807, 2.05) is 6.21 Å². The Morgan fingerprint density at radius 2 is 1.34 bits per heavy atom. The lowest BCUT2D eigenvalue weighted by Gasteiger charge is -2.13. The normalized spacial score (nSPS) is 19.9. The van der Waals surface area contributed by atoms with Gasteiger partial charge in [0.2, 0.25) is 5.91 Å². The molecule has 2 rings (SSSR count). The molecule has 2 unspecified atom stereocenters. The van der Waals surface area contributed by atoms with E-state index in [2.05, 4.69) is 24.2 Å². The molecule has 5 nitrogen and oxygen atoms in total. The lowest BCUT2D eigenvalue weighted by atomic mass is 10.0. The Labute approximate surface area is 216 Å². The summed E-state index contributed by atoms with van der Waals surface area (Å²) < 4.78 is 5.25. The van der Waals surface area contributed by atoms with Crippen LogP contribution >= 0.6 is 0 Å². The minimum Gasteiger partial charge on any atom is -0.462 e. The second-order valence-electron chi connectivity index (χ2n) is 10.5. The number of hydrogen-bond acceptors (Lipinski definition) is 4. The zero-order valence-electron chi connectivity index (χ0n) is 23.2. The van der Waals surface area contributed by atoms with Crippen molar-refractivity contribution in [2.24, 2.45) is 4.99 Å². The van der Waals surface area contributed by atoms with Crippen LogP contribution in [0.2, 0.25) is 0 Å². The summed E-state index contributed by atoms with van der Waals surface area (Å²) in [4.78, 5) is 26.2. The summed E-state index contributed by atoms with van der Waals surface area (Å²) >= 11 is 0. The fourth-order valence-corrected chi connectivity index (χ4v) is 4.75. The van der Waals surface area contributed by atoms with Crippen molar-refractivity contribution in [2.45, 2.75) is 167 Å². The fraction of sp³-hybridized carbons (Fsp3) is 0.900. The Kier molecular flexibility index (Phi) is 20.8. The highest BCUT2D eigenvalue weighted by Crippen LogP contribution is 2.20. The number of nitrogens with one attached hydrogen (secondary N) is 1. The van der Waals surface area contributed by atoms with E-state index >= 15 is 0 Å². The minimum atomic E-state index is 0.0106. The van der Waals surface area contributed by atoms with Gasteiger partial charge in [0.25, 0.3) is 0 Å². The molecule has 2 heterocycles. The number of esters is 1. The average Bonchev–Trinajstić information content (AvgIpc) is 3.27. The van der Waals surface area contributed by atoms with Gasteiger partial charge in [0.15, 0.2) is 0 Å². The van der Waals surface area contributed by atoms with Crippen LogP contribution in [0, 0.1) is 0 Å². The first kappa shape index (κ1) is 31.6. The molecular weight excluding hydrogens is 436 g/mol. The van der Waals surface area contributed by atoms with Gasteiger partial charge >= 0.3 is 5.97 Å². The third-order valence-corrected chi connectivity index (χ3v) is 7.17. The smallest absolute Gasteiger partial charge is 0.306 e. The van der Waals surface area contributed by atoms with E-state index in [-0.39, 0.29) is 18.0 Å². The molecule has 2 atom stereocenters. The van der Waals surface area contributed by atoms with Crippen molar-refractivity contribution in [2.75, 3.05) is 6.54 Å². The van der Waals surface area contributed by atoms with Gasteiger partial charge in [0.1, 0.15) is 6.10 Å². The highest BCUT2D eigenvalue weighted by molar-refractivity contribution is 5.79. The molecular formula is C30H56N2O3. The standard InChI is InChI=1S/C22H42O2.C8H14N2O/c1-2-3-4-5-6-7-8-9-10-11-12-13-14-15-16-17-18-21-19-20-22(23)24-21;1-2-7-6-10-8(11)4-3-5-9-7/h21H,2-20H2,1H3;5,7H,2-4,6H2,1H3,(H,10,11). The monoisotopic (exact) mass is 492 g/mol. The molecule has 0 aromatic rings. The molecule has 0 spiro atoms. The van der Waals surface area contributed by atoms with E-state index < -0.39 is 0 Å². The highest BCUT2D eigenvalue weighted by Gasteiger charge is 2.22. The largest absolute Gasteiger partial charge is 0.462 e. The predicted octanol–water partition coefficient (Wildman–Crippen LogP) is 8.09. The van der Waals surface area contributed by atoms with Crippen LogP contribution < -0.4 is 5.32 Å². The van der Waals surface area contributed by atoms with Gasteiger partial charge in [-0.2, -0.15) is 0 Å². The Bertz CT molecular complexity index is 550. The Morgan fingerprint density at radius 3 is 1.83 bits per heavy atom. The number of aliphatic imine (C=N–C) groups is 1. The highest BCUT2D eigenvalue weighted by atomic mass is 16.5. The second kappa shape index (κ2) is 23.0. The first-order valence-electron chi connectivity index (χ1n) is 15.1. The number of rotatable bonds is 18. The van der Waals surface area contributed by atoms with E-state index in [1.165, 1.54) is 103 Å². The van der Waals surface area contributed by atoms with Crippen LogP contribution in [0.5, 0.6) is 0 Å². The molecule has 0 radical (unpaired) electrons. The fourth-order valence-electron chi connectivity index (χ4n) is 4.75. The topological polar surface area (TPSA) is 67.8 Å². The van der Waals surface area contributed by atoms with Gasteiger partial charge in [0.05, 0.1) is 6.04 Å². The molecule has 0 aliphatic carbocycles. The number of cyclic esters (lactones) is 1. The molecule has 0 aromatic heterocycles. The van der Waals surface area contributed by atoms with Crippen molar-refractivity contribution in [3.05, 3.63) is 0 Å². The van der Waals surface area contributed by atoms with Crippen LogP contribution in [0.1, 0.15) is 155 Å². The van der Waals surface area contributed by atoms with Gasteiger partial charge < -0.3 is 10.1 Å². The molecule has 35 heavy (non-hydrogen) atoms. The van der Waals surface area contributed by atoms with Crippen molar-refractivity contribution in [1.29, 1.82) is 0 Å². The molecule has 2 aliphatic heterocycles. The maximum absolute atomic E-state index is 11.0.